The highest BCUT2D eigenvalue weighted by Gasteiger charge is 2.05. The number of hydrogen-bond donors (Lipinski definition) is 2. The van der Waals surface area contributed by atoms with Crippen LogP contribution < -0.4 is 5.32 Å². The first-order valence-corrected chi connectivity index (χ1v) is 5.39. The Balaban J connectivity index is 3.91. The first kappa shape index (κ1) is 14.6. The number of hydrogen-bond acceptors (Lipinski definition) is 3. The van der Waals surface area contributed by atoms with Crippen molar-refractivity contribution < 1.29 is 14.7 Å². The first-order chi connectivity index (χ1) is 7.52. The van der Waals surface area contributed by atoms with Crippen LogP contribution in [0, 0.1) is 0 Å². The molecule has 0 saturated carbocycles. The van der Waals surface area contributed by atoms with Crippen LogP contribution >= 0.6 is 0 Å². The van der Waals surface area contributed by atoms with Crippen molar-refractivity contribution in [2.45, 2.75) is 20.3 Å². The highest BCUT2D eigenvalue weighted by atomic mass is 16.4. The van der Waals surface area contributed by atoms with Crippen LogP contribution in [-0.4, -0.2) is 48.6 Å². The second kappa shape index (κ2) is 7.87. The molecule has 0 radical (unpaired) electrons. The van der Waals surface area contributed by atoms with Crippen LogP contribution in [0.5, 0.6) is 0 Å². The van der Waals surface area contributed by atoms with Crippen molar-refractivity contribution in [3.05, 3.63) is 11.6 Å². The van der Waals surface area contributed by atoms with Crippen LogP contribution in [0.4, 0.5) is 0 Å². The van der Waals surface area contributed by atoms with Gasteiger partial charge in [-0.25, -0.2) is 4.79 Å². The van der Waals surface area contributed by atoms with Gasteiger partial charge < -0.3 is 15.3 Å². The lowest BCUT2D eigenvalue weighted by Crippen LogP contribution is -2.35. The molecule has 0 heterocycles. The van der Waals surface area contributed by atoms with Crippen molar-refractivity contribution in [1.29, 1.82) is 0 Å². The van der Waals surface area contributed by atoms with E-state index in [2.05, 4.69) is 5.32 Å². The molecule has 0 aromatic carbocycles. The Morgan fingerprint density at radius 1 is 1.38 bits per heavy atom. The van der Waals surface area contributed by atoms with Gasteiger partial charge in [-0.15, -0.1) is 0 Å². The maximum atomic E-state index is 11.3. The Labute approximate surface area is 96.1 Å². The smallest absolute Gasteiger partial charge is 0.331 e. The summed E-state index contributed by atoms with van der Waals surface area (Å²) in [5.41, 5.74) is 0.365. The summed E-state index contributed by atoms with van der Waals surface area (Å²) in [5, 5.41) is 11.6. The Morgan fingerprint density at radius 2 is 2.00 bits per heavy atom. The third-order valence-electron chi connectivity index (χ3n) is 2.32. The zero-order valence-corrected chi connectivity index (χ0v) is 10.1. The molecule has 0 spiro atoms. The molecule has 92 valence electrons. The molecule has 0 unspecified atom stereocenters. The third kappa shape index (κ3) is 5.50. The van der Waals surface area contributed by atoms with Crippen LogP contribution in [0.15, 0.2) is 11.6 Å². The van der Waals surface area contributed by atoms with E-state index in [1.807, 2.05) is 6.92 Å². The number of likely N-dealkylation sites (N-methyl/N-ethyl adjacent to an activating group) is 1. The van der Waals surface area contributed by atoms with Gasteiger partial charge in [0, 0.05) is 25.7 Å². The van der Waals surface area contributed by atoms with Crippen molar-refractivity contribution in [3.63, 3.8) is 0 Å². The van der Waals surface area contributed by atoms with Gasteiger partial charge in [-0.2, -0.15) is 0 Å². The lowest BCUT2D eigenvalue weighted by Gasteiger charge is -2.14. The van der Waals surface area contributed by atoms with Crippen molar-refractivity contribution in [2.24, 2.45) is 0 Å². The molecule has 5 heteroatoms. The van der Waals surface area contributed by atoms with Crippen LogP contribution in [0.1, 0.15) is 20.3 Å². The largest absolute Gasteiger partial charge is 0.478 e. The van der Waals surface area contributed by atoms with E-state index in [-0.39, 0.29) is 12.5 Å². The molecule has 0 bridgehead atoms. The fourth-order valence-electron chi connectivity index (χ4n) is 1.07. The Kier molecular flexibility index (Phi) is 7.20. The van der Waals surface area contributed by atoms with Crippen molar-refractivity contribution in [1.82, 2.24) is 10.2 Å². The standard InChI is InChI=1S/C11H20N2O3/c1-4-9(11(15)16)6-7-12-8-10(14)13(3)5-2/h6,12H,4-5,7-8H2,1-3H3,(H,15,16)/b9-6-. The fraction of sp³-hybridized carbons (Fsp3) is 0.636. The highest BCUT2D eigenvalue weighted by molar-refractivity contribution is 5.86. The lowest BCUT2D eigenvalue weighted by atomic mass is 10.2. The molecule has 0 atom stereocenters. The van der Waals surface area contributed by atoms with Crippen molar-refractivity contribution in [2.75, 3.05) is 26.7 Å². The van der Waals surface area contributed by atoms with E-state index in [1.165, 1.54) is 0 Å². The number of carboxylic acids is 1. The lowest BCUT2D eigenvalue weighted by molar-refractivity contribution is -0.132. The molecule has 0 aliphatic carbocycles. The average Bonchev–Trinajstić information content (AvgIpc) is 2.27. The number of nitrogens with one attached hydrogen (secondary N) is 1. The number of amides is 1. The second-order valence-corrected chi connectivity index (χ2v) is 3.43. The zero-order valence-electron chi connectivity index (χ0n) is 10.1. The third-order valence-corrected chi connectivity index (χ3v) is 2.32. The first-order valence-electron chi connectivity index (χ1n) is 5.39. The highest BCUT2D eigenvalue weighted by Crippen LogP contribution is 1.98. The van der Waals surface area contributed by atoms with Gasteiger partial charge in [0.1, 0.15) is 0 Å². The van der Waals surface area contributed by atoms with Gasteiger partial charge >= 0.3 is 5.97 Å². The van der Waals surface area contributed by atoms with Gasteiger partial charge in [-0.3, -0.25) is 4.79 Å². The average molecular weight is 228 g/mol. The van der Waals surface area contributed by atoms with Gasteiger partial charge in [0.05, 0.1) is 6.54 Å². The molecule has 16 heavy (non-hydrogen) atoms. The van der Waals surface area contributed by atoms with E-state index in [0.717, 1.165) is 0 Å². The monoisotopic (exact) mass is 228 g/mol. The number of aliphatic carboxylic acids is 1. The Morgan fingerprint density at radius 3 is 2.44 bits per heavy atom. The van der Waals surface area contributed by atoms with Gasteiger partial charge in [0.25, 0.3) is 0 Å². The molecule has 1 amide bonds. The number of carboxylic acid groups (broad SMARTS) is 1. The number of carbonyl (C=O) groups excluding carboxylic acids is 1. The minimum absolute atomic E-state index is 0.00396. The Hall–Kier alpha value is -1.36. The summed E-state index contributed by atoms with van der Waals surface area (Å²) >= 11 is 0. The van der Waals surface area contributed by atoms with Crippen LogP contribution in [0.3, 0.4) is 0 Å². The second-order valence-electron chi connectivity index (χ2n) is 3.43. The predicted octanol–water partition coefficient (Wildman–Crippen LogP) is 0.475. The van der Waals surface area contributed by atoms with Crippen molar-refractivity contribution in [3.8, 4) is 0 Å². The molecular weight excluding hydrogens is 208 g/mol. The number of nitrogens with zero attached hydrogens (tertiary/aromatic N) is 1. The van der Waals surface area contributed by atoms with Gasteiger partial charge in [-0.05, 0) is 13.3 Å². The quantitative estimate of drug-likeness (QED) is 0.491. The molecule has 0 aliphatic heterocycles. The summed E-state index contributed by atoms with van der Waals surface area (Å²) in [6, 6.07) is 0. The van der Waals surface area contributed by atoms with E-state index in [1.54, 1.807) is 24.9 Å². The minimum atomic E-state index is -0.902. The van der Waals surface area contributed by atoms with E-state index in [9.17, 15) is 9.59 Å². The number of rotatable bonds is 7. The maximum Gasteiger partial charge on any atom is 0.331 e. The molecule has 0 aliphatic rings. The van der Waals surface area contributed by atoms with Gasteiger partial charge in [-0.1, -0.05) is 13.0 Å². The predicted molar refractivity (Wildman–Crippen MR) is 62.2 cm³/mol. The van der Waals surface area contributed by atoms with E-state index >= 15 is 0 Å². The Bertz CT molecular complexity index is 274. The minimum Gasteiger partial charge on any atom is -0.478 e. The maximum absolute atomic E-state index is 11.3. The molecule has 0 fully saturated rings. The fourth-order valence-corrected chi connectivity index (χ4v) is 1.07. The zero-order chi connectivity index (χ0) is 12.6. The number of carbonyl (C=O) groups is 2. The topological polar surface area (TPSA) is 69.6 Å². The summed E-state index contributed by atoms with van der Waals surface area (Å²) in [6.45, 7) is 5.00. The molecule has 5 nitrogen and oxygen atoms in total. The molecule has 0 rings (SSSR count). The summed E-state index contributed by atoms with van der Waals surface area (Å²) in [7, 11) is 1.73. The molecular formula is C11H20N2O3. The van der Waals surface area contributed by atoms with E-state index in [0.29, 0.717) is 25.1 Å². The summed E-state index contributed by atoms with van der Waals surface area (Å²) in [5.74, 6) is -0.898. The molecule has 0 aromatic heterocycles. The molecule has 0 aromatic rings. The van der Waals surface area contributed by atoms with Gasteiger partial charge in [0.15, 0.2) is 0 Å². The van der Waals surface area contributed by atoms with E-state index in [4.69, 9.17) is 5.11 Å². The summed E-state index contributed by atoms with van der Waals surface area (Å²) < 4.78 is 0. The van der Waals surface area contributed by atoms with Crippen molar-refractivity contribution >= 4 is 11.9 Å². The van der Waals surface area contributed by atoms with Crippen LogP contribution in [-0.2, 0) is 9.59 Å². The SMILES string of the molecule is CC/C(=C/CNCC(=O)N(C)CC)C(=O)O. The molecule has 0 saturated heterocycles. The van der Waals surface area contributed by atoms with Crippen LogP contribution in [0.25, 0.3) is 0 Å². The van der Waals surface area contributed by atoms with Crippen LogP contribution in [0.2, 0.25) is 0 Å². The summed E-state index contributed by atoms with van der Waals surface area (Å²) in [6.07, 6.45) is 2.08. The van der Waals surface area contributed by atoms with E-state index < -0.39 is 5.97 Å². The van der Waals surface area contributed by atoms with Gasteiger partial charge in [0.2, 0.25) is 5.91 Å². The molecule has 2 N–H and O–H groups in total. The summed E-state index contributed by atoms with van der Waals surface area (Å²) in [4.78, 5) is 23.6. The normalized spacial score (nSPS) is 11.3.